The van der Waals surface area contributed by atoms with Crippen molar-refractivity contribution in [1.29, 1.82) is 0 Å². The van der Waals surface area contributed by atoms with E-state index in [0.717, 1.165) is 32.1 Å². The minimum Gasteiger partial charge on any atom is -0.349 e. The number of allylic oxidation sites excluding steroid dienone is 2. The van der Waals surface area contributed by atoms with Gasteiger partial charge in [0.25, 0.3) is 0 Å². The molecule has 0 aromatic carbocycles. The summed E-state index contributed by atoms with van der Waals surface area (Å²) in [6, 6.07) is 0. The summed E-state index contributed by atoms with van der Waals surface area (Å²) in [5, 5.41) is 0. The van der Waals surface area contributed by atoms with E-state index in [1.54, 1.807) is 5.57 Å². The second-order valence-corrected chi connectivity index (χ2v) is 21.7. The Kier molecular flexibility index (Phi) is 10.4. The molecule has 0 aromatic heterocycles. The van der Waals surface area contributed by atoms with Crippen molar-refractivity contribution in [2.45, 2.75) is 198 Å². The van der Waals surface area contributed by atoms with E-state index >= 15 is 0 Å². The second-order valence-electron chi connectivity index (χ2n) is 21.7. The summed E-state index contributed by atoms with van der Waals surface area (Å²) in [4.78, 5) is 12.9. The van der Waals surface area contributed by atoms with E-state index in [0.29, 0.717) is 58.7 Å². The highest BCUT2D eigenvalue weighted by Gasteiger charge is 2.67. The van der Waals surface area contributed by atoms with Crippen molar-refractivity contribution in [3.05, 3.63) is 11.6 Å². The first-order valence-corrected chi connectivity index (χ1v) is 22.1. The number of hydrogen-bond acceptors (Lipinski definition) is 5. The van der Waals surface area contributed by atoms with Crippen LogP contribution >= 0.6 is 0 Å². The third-order valence-electron chi connectivity index (χ3n) is 19.2. The Balaban J connectivity index is 1.11. The van der Waals surface area contributed by atoms with Crippen molar-refractivity contribution in [1.82, 2.24) is 0 Å². The Hall–Kier alpha value is -0.750. The van der Waals surface area contributed by atoms with E-state index < -0.39 is 0 Å². The minimum absolute atomic E-state index is 0.124. The molecule has 52 heavy (non-hydrogen) atoms. The van der Waals surface area contributed by atoms with Gasteiger partial charge in [-0.15, -0.1) is 0 Å². The van der Waals surface area contributed by atoms with Gasteiger partial charge in [0.15, 0.2) is 12.6 Å². The zero-order valence-corrected chi connectivity index (χ0v) is 35.6. The van der Waals surface area contributed by atoms with Crippen LogP contribution in [0.1, 0.15) is 161 Å². The van der Waals surface area contributed by atoms with Crippen molar-refractivity contribution in [2.75, 3.05) is 0 Å². The smallest absolute Gasteiger partial charge is 0.184 e. The Morgan fingerprint density at radius 2 is 1.46 bits per heavy atom. The lowest BCUT2D eigenvalue weighted by atomic mass is 9.34. The molecule has 0 spiro atoms. The number of carbonyl (C=O) groups excluding carboxylic acids is 1. The van der Waals surface area contributed by atoms with E-state index in [4.69, 9.17) is 18.9 Å². The number of aldehydes is 1. The number of fused-ring (bicyclic) bond motifs is 7. The predicted molar refractivity (Wildman–Crippen MR) is 209 cm³/mol. The van der Waals surface area contributed by atoms with Crippen LogP contribution in [0.15, 0.2) is 11.6 Å². The highest BCUT2D eigenvalue weighted by atomic mass is 16.7. The summed E-state index contributed by atoms with van der Waals surface area (Å²) >= 11 is 0. The van der Waals surface area contributed by atoms with Gasteiger partial charge in [0, 0.05) is 11.3 Å². The van der Waals surface area contributed by atoms with E-state index in [1.807, 2.05) is 0 Å². The summed E-state index contributed by atoms with van der Waals surface area (Å²) in [7, 11) is 0. The Bertz CT molecular complexity index is 1350. The van der Waals surface area contributed by atoms with Crippen LogP contribution in [0, 0.1) is 80.3 Å². The maximum atomic E-state index is 12.9. The molecule has 2 aliphatic heterocycles. The Labute approximate surface area is 318 Å². The largest absolute Gasteiger partial charge is 0.349 e. The molecule has 5 aliphatic carbocycles. The first-order valence-electron chi connectivity index (χ1n) is 22.1. The van der Waals surface area contributed by atoms with Crippen LogP contribution in [0.2, 0.25) is 0 Å². The number of rotatable bonds is 6. The monoisotopic (exact) mass is 723 g/mol. The molecule has 9 unspecified atom stereocenters. The van der Waals surface area contributed by atoms with Gasteiger partial charge in [-0.2, -0.15) is 0 Å². The number of ether oxygens (including phenoxy) is 4. The molecule has 6 fully saturated rings. The molecule has 19 atom stereocenters. The summed E-state index contributed by atoms with van der Waals surface area (Å²) in [5.41, 5.74) is 2.53. The van der Waals surface area contributed by atoms with Gasteiger partial charge in [-0.25, -0.2) is 0 Å². The molecule has 7 rings (SSSR count). The molecular weight excluding hydrogens is 645 g/mol. The molecule has 0 radical (unpaired) electrons. The summed E-state index contributed by atoms with van der Waals surface area (Å²) in [6.07, 6.45) is 16.5. The van der Waals surface area contributed by atoms with Crippen molar-refractivity contribution < 1.29 is 23.7 Å². The topological polar surface area (TPSA) is 54.0 Å². The van der Waals surface area contributed by atoms with Gasteiger partial charge >= 0.3 is 0 Å². The second kappa shape index (κ2) is 13.7. The molecule has 5 heteroatoms. The van der Waals surface area contributed by atoms with Gasteiger partial charge in [0.2, 0.25) is 0 Å². The van der Waals surface area contributed by atoms with Crippen LogP contribution < -0.4 is 0 Å². The molecule has 0 N–H and O–H groups in total. The Morgan fingerprint density at radius 1 is 0.750 bits per heavy atom. The van der Waals surface area contributed by atoms with E-state index in [2.05, 4.69) is 96.1 Å². The third kappa shape index (κ3) is 5.91. The molecule has 4 saturated carbocycles. The van der Waals surface area contributed by atoms with Crippen molar-refractivity contribution in [3.63, 3.8) is 0 Å². The first kappa shape index (κ1) is 39.5. The van der Waals surface area contributed by atoms with Gasteiger partial charge in [0.1, 0.15) is 12.4 Å². The zero-order valence-electron chi connectivity index (χ0n) is 35.6. The average Bonchev–Trinajstić information content (AvgIpc) is 3.10. The predicted octanol–water partition coefficient (Wildman–Crippen LogP) is 11.4. The van der Waals surface area contributed by atoms with Crippen molar-refractivity contribution in [3.8, 4) is 0 Å². The first-order chi connectivity index (χ1) is 24.4. The lowest BCUT2D eigenvalue weighted by Crippen LogP contribution is -2.63. The van der Waals surface area contributed by atoms with Crippen molar-refractivity contribution >= 4 is 6.29 Å². The molecule has 296 valence electrons. The van der Waals surface area contributed by atoms with Gasteiger partial charge < -0.3 is 23.7 Å². The molecular formula is C47H78O5. The molecule has 0 aromatic rings. The molecule has 5 nitrogen and oxygen atoms in total. The minimum atomic E-state index is -0.378. The van der Waals surface area contributed by atoms with Gasteiger partial charge in [-0.3, -0.25) is 0 Å². The van der Waals surface area contributed by atoms with Gasteiger partial charge in [-0.05, 0) is 147 Å². The summed E-state index contributed by atoms with van der Waals surface area (Å²) in [5.74, 6) is 4.23. The highest BCUT2D eigenvalue weighted by Crippen LogP contribution is 2.74. The fourth-order valence-electron chi connectivity index (χ4n) is 14.4. The normalized spacial score (nSPS) is 55.9. The van der Waals surface area contributed by atoms with Crippen LogP contribution in [0.25, 0.3) is 0 Å². The van der Waals surface area contributed by atoms with Gasteiger partial charge in [0.05, 0.1) is 18.3 Å². The fourth-order valence-corrected chi connectivity index (χ4v) is 14.4. The lowest BCUT2D eigenvalue weighted by molar-refractivity contribution is -0.347. The van der Waals surface area contributed by atoms with Crippen LogP contribution in [0.5, 0.6) is 0 Å². The van der Waals surface area contributed by atoms with Crippen LogP contribution in [0.3, 0.4) is 0 Å². The molecule has 0 bridgehead atoms. The van der Waals surface area contributed by atoms with E-state index in [1.165, 1.54) is 44.8 Å². The van der Waals surface area contributed by atoms with Crippen LogP contribution in [0.4, 0.5) is 0 Å². The van der Waals surface area contributed by atoms with Crippen LogP contribution in [-0.4, -0.2) is 43.3 Å². The highest BCUT2D eigenvalue weighted by molar-refractivity contribution is 5.63. The third-order valence-corrected chi connectivity index (χ3v) is 19.2. The average molecular weight is 723 g/mol. The molecule has 2 saturated heterocycles. The molecule has 2 heterocycles. The molecule has 7 aliphatic rings. The van der Waals surface area contributed by atoms with Gasteiger partial charge in [-0.1, -0.05) is 94.7 Å². The lowest BCUT2D eigenvalue weighted by Gasteiger charge is -2.70. The summed E-state index contributed by atoms with van der Waals surface area (Å²) < 4.78 is 27.8. The zero-order chi connectivity index (χ0) is 37.8. The van der Waals surface area contributed by atoms with Crippen molar-refractivity contribution in [2.24, 2.45) is 80.3 Å². The molecule has 0 amide bonds. The van der Waals surface area contributed by atoms with E-state index in [-0.39, 0.29) is 58.7 Å². The van der Waals surface area contributed by atoms with E-state index in [9.17, 15) is 4.79 Å². The number of hydrogen-bond donors (Lipinski definition) is 0. The SMILES string of the molecule is CCC1O[C@@H](OC2[C@H](O[C@H]3CCC4(C)C5CC=C6C7CC(C)(C)CCC7(C=O)CC[C@@]6(C)[C@@]5(C)CC[C@H]4C3C)OC(C)[C@@H](C)[C@@H]2C)C(C)[C@@H](C)[C@H]1C. The maximum Gasteiger partial charge on any atom is 0.184 e. The fraction of sp³-hybridized carbons (Fsp3) is 0.936. The maximum absolute atomic E-state index is 12.9. The summed E-state index contributed by atoms with van der Waals surface area (Å²) in [6.45, 7) is 31.5. The Morgan fingerprint density at radius 3 is 2.15 bits per heavy atom. The quantitative estimate of drug-likeness (QED) is 0.155. The van der Waals surface area contributed by atoms with Crippen LogP contribution in [-0.2, 0) is 23.7 Å². The standard InChI is InChI=1S/C47H78O5/c1-14-37-29(4)27(2)31(6)41(50-37)52-40-30(5)28(3)33(8)49-42(40)51-38-18-19-44(11)34(32(38)7)17-20-46(13)39(44)16-15-35-36-25-43(9,10)21-23-47(36,26-48)24-22-45(35,46)12/h15,26-34,36-42H,14,16-25H2,1-13H3/t27-,28-,29+,30-,31?,32?,33?,34-,36?,37?,38-,39?,40?,41-,42-,44?,45+,46-,47?/m0/s1. The number of carbonyl (C=O) groups is 1.